The highest BCUT2D eigenvalue weighted by molar-refractivity contribution is 6.39. The molecule has 2 aromatic carbocycles. The molecule has 0 bridgehead atoms. The lowest BCUT2D eigenvalue weighted by Crippen LogP contribution is -2.22. The van der Waals surface area contributed by atoms with Crippen molar-refractivity contribution in [2.45, 2.75) is 13.3 Å². The van der Waals surface area contributed by atoms with E-state index in [1.165, 1.54) is 0 Å². The zero-order valence-electron chi connectivity index (χ0n) is 12.4. The molecule has 22 heavy (non-hydrogen) atoms. The van der Waals surface area contributed by atoms with E-state index in [2.05, 4.69) is 5.32 Å². The molecule has 0 saturated carbocycles. The Morgan fingerprint density at radius 1 is 1.18 bits per heavy atom. The molecule has 0 aliphatic carbocycles. The lowest BCUT2D eigenvalue weighted by molar-refractivity contribution is -0.119. The van der Waals surface area contributed by atoms with Crippen LogP contribution in [0.2, 0.25) is 10.0 Å². The molecule has 5 heteroatoms. The Labute approximate surface area is 140 Å². The van der Waals surface area contributed by atoms with Gasteiger partial charge in [0, 0.05) is 5.92 Å². The second-order valence-corrected chi connectivity index (χ2v) is 5.86. The highest BCUT2D eigenvalue weighted by Crippen LogP contribution is 2.30. The average molecular weight is 338 g/mol. The van der Waals surface area contributed by atoms with Crippen molar-refractivity contribution in [1.82, 2.24) is 0 Å². The summed E-state index contributed by atoms with van der Waals surface area (Å²) in [5.41, 5.74) is 1.49. The van der Waals surface area contributed by atoms with E-state index in [1.54, 1.807) is 25.3 Å². The minimum absolute atomic E-state index is 0.127. The van der Waals surface area contributed by atoms with Crippen molar-refractivity contribution in [3.63, 3.8) is 0 Å². The molecule has 0 heterocycles. The van der Waals surface area contributed by atoms with Crippen LogP contribution in [0.25, 0.3) is 0 Å². The number of ether oxygens (including phenoxy) is 1. The number of hydrogen-bond donors (Lipinski definition) is 1. The van der Waals surface area contributed by atoms with E-state index >= 15 is 0 Å². The average Bonchev–Trinajstić information content (AvgIpc) is 2.51. The fourth-order valence-electron chi connectivity index (χ4n) is 2.11. The van der Waals surface area contributed by atoms with Gasteiger partial charge in [-0.05, 0) is 36.2 Å². The summed E-state index contributed by atoms with van der Waals surface area (Å²) >= 11 is 12.1. The smallest absolute Gasteiger partial charge is 0.227 e. The molecule has 2 aromatic rings. The number of rotatable bonds is 5. The molecular formula is C17H17Cl2NO2. The summed E-state index contributed by atoms with van der Waals surface area (Å²) in [6, 6.07) is 12.8. The number of halogens is 2. The van der Waals surface area contributed by atoms with Gasteiger partial charge in [-0.2, -0.15) is 0 Å². The molecule has 1 amide bonds. The third-order valence-electron chi connectivity index (χ3n) is 3.33. The standard InChI is InChI=1S/C17H17Cl2NO2/c1-11(9-12-5-3-6-13(10-12)22-2)17(21)20-16-14(18)7-4-8-15(16)19/h3-8,10-11H,9H2,1-2H3,(H,20,21)/t11-/m0/s1. The topological polar surface area (TPSA) is 38.3 Å². The summed E-state index contributed by atoms with van der Waals surface area (Å²) in [4.78, 5) is 12.3. The van der Waals surface area contributed by atoms with Crippen LogP contribution in [0.5, 0.6) is 5.75 Å². The van der Waals surface area contributed by atoms with Gasteiger partial charge in [0.05, 0.1) is 22.8 Å². The van der Waals surface area contributed by atoms with Crippen LogP contribution >= 0.6 is 23.2 Å². The van der Waals surface area contributed by atoms with E-state index < -0.39 is 0 Å². The molecule has 0 fully saturated rings. The number of carbonyl (C=O) groups excluding carboxylic acids is 1. The van der Waals surface area contributed by atoms with Crippen LogP contribution in [0.4, 0.5) is 5.69 Å². The van der Waals surface area contributed by atoms with Crippen LogP contribution in [-0.4, -0.2) is 13.0 Å². The molecule has 2 rings (SSSR count). The Kier molecular flexibility index (Phi) is 5.69. The first-order valence-electron chi connectivity index (χ1n) is 6.89. The first kappa shape index (κ1) is 16.7. The van der Waals surface area contributed by atoms with Crippen LogP contribution < -0.4 is 10.1 Å². The summed E-state index contributed by atoms with van der Waals surface area (Å²) < 4.78 is 5.19. The maximum atomic E-state index is 12.3. The lowest BCUT2D eigenvalue weighted by Gasteiger charge is -2.14. The number of carbonyl (C=O) groups is 1. The predicted octanol–water partition coefficient (Wildman–Crippen LogP) is 4.82. The maximum absolute atomic E-state index is 12.3. The molecule has 0 aliphatic heterocycles. The fraction of sp³-hybridized carbons (Fsp3) is 0.235. The summed E-state index contributed by atoms with van der Waals surface area (Å²) in [5, 5.41) is 3.64. The molecule has 3 nitrogen and oxygen atoms in total. The fourth-order valence-corrected chi connectivity index (χ4v) is 2.60. The minimum atomic E-state index is -0.223. The first-order chi connectivity index (χ1) is 10.5. The van der Waals surface area contributed by atoms with Gasteiger partial charge in [0.25, 0.3) is 0 Å². The summed E-state index contributed by atoms with van der Waals surface area (Å²) in [5.74, 6) is 0.427. The van der Waals surface area contributed by atoms with E-state index in [0.29, 0.717) is 22.2 Å². The highest BCUT2D eigenvalue weighted by atomic mass is 35.5. The monoisotopic (exact) mass is 337 g/mol. The van der Waals surface area contributed by atoms with Crippen molar-refractivity contribution in [3.05, 3.63) is 58.1 Å². The molecule has 1 atom stereocenters. The second-order valence-electron chi connectivity index (χ2n) is 5.04. The SMILES string of the molecule is COc1cccc(C[C@H](C)C(=O)Nc2c(Cl)cccc2Cl)c1. The van der Waals surface area contributed by atoms with Crippen LogP contribution in [-0.2, 0) is 11.2 Å². The quantitative estimate of drug-likeness (QED) is 0.849. The van der Waals surface area contributed by atoms with Crippen molar-refractivity contribution in [3.8, 4) is 5.75 Å². The van der Waals surface area contributed by atoms with E-state index in [4.69, 9.17) is 27.9 Å². The van der Waals surface area contributed by atoms with Crippen LogP contribution in [0.3, 0.4) is 0 Å². The second kappa shape index (κ2) is 7.52. The number of methoxy groups -OCH3 is 1. The van der Waals surface area contributed by atoms with Gasteiger partial charge in [-0.25, -0.2) is 0 Å². The third kappa shape index (κ3) is 4.15. The Balaban J connectivity index is 2.06. The number of nitrogens with one attached hydrogen (secondary N) is 1. The van der Waals surface area contributed by atoms with E-state index in [1.807, 2.05) is 31.2 Å². The van der Waals surface area contributed by atoms with Gasteiger partial charge < -0.3 is 10.1 Å². The lowest BCUT2D eigenvalue weighted by atomic mass is 10.00. The molecule has 0 radical (unpaired) electrons. The molecule has 0 spiro atoms. The zero-order chi connectivity index (χ0) is 16.1. The molecule has 0 aromatic heterocycles. The van der Waals surface area contributed by atoms with Crippen molar-refractivity contribution < 1.29 is 9.53 Å². The largest absolute Gasteiger partial charge is 0.497 e. The van der Waals surface area contributed by atoms with Crippen molar-refractivity contribution in [1.29, 1.82) is 0 Å². The Hall–Kier alpha value is -1.71. The minimum Gasteiger partial charge on any atom is -0.497 e. The number of para-hydroxylation sites is 1. The van der Waals surface area contributed by atoms with Crippen molar-refractivity contribution in [2.75, 3.05) is 12.4 Å². The van der Waals surface area contributed by atoms with Crippen LogP contribution in [0, 0.1) is 5.92 Å². The molecule has 116 valence electrons. The van der Waals surface area contributed by atoms with E-state index in [0.717, 1.165) is 11.3 Å². The van der Waals surface area contributed by atoms with Gasteiger partial charge in [0.15, 0.2) is 0 Å². The zero-order valence-corrected chi connectivity index (χ0v) is 13.9. The molecule has 0 saturated heterocycles. The number of anilines is 1. The molecule has 1 N–H and O–H groups in total. The van der Waals surface area contributed by atoms with Gasteiger partial charge in [0.1, 0.15) is 5.75 Å². The number of benzene rings is 2. The van der Waals surface area contributed by atoms with Gasteiger partial charge in [-0.15, -0.1) is 0 Å². The van der Waals surface area contributed by atoms with Gasteiger partial charge in [0.2, 0.25) is 5.91 Å². The molecular weight excluding hydrogens is 321 g/mol. The molecule has 0 aliphatic rings. The predicted molar refractivity (Wildman–Crippen MR) is 91.0 cm³/mol. The van der Waals surface area contributed by atoms with Crippen molar-refractivity contribution >= 4 is 34.8 Å². The number of amides is 1. The van der Waals surface area contributed by atoms with Gasteiger partial charge >= 0.3 is 0 Å². The highest BCUT2D eigenvalue weighted by Gasteiger charge is 2.16. The summed E-state index contributed by atoms with van der Waals surface area (Å²) in [6.07, 6.45) is 0.602. The Morgan fingerprint density at radius 3 is 2.45 bits per heavy atom. The number of hydrogen-bond acceptors (Lipinski definition) is 2. The first-order valence-corrected chi connectivity index (χ1v) is 7.64. The van der Waals surface area contributed by atoms with Crippen LogP contribution in [0.1, 0.15) is 12.5 Å². The van der Waals surface area contributed by atoms with Gasteiger partial charge in [-0.3, -0.25) is 4.79 Å². The third-order valence-corrected chi connectivity index (χ3v) is 3.96. The van der Waals surface area contributed by atoms with Crippen molar-refractivity contribution in [2.24, 2.45) is 5.92 Å². The van der Waals surface area contributed by atoms with Gasteiger partial charge in [-0.1, -0.05) is 48.3 Å². The Bertz CT molecular complexity index is 653. The normalized spacial score (nSPS) is 11.8. The molecule has 0 unspecified atom stereocenters. The van der Waals surface area contributed by atoms with Crippen LogP contribution in [0.15, 0.2) is 42.5 Å². The summed E-state index contributed by atoms with van der Waals surface area (Å²) in [7, 11) is 1.62. The summed E-state index contributed by atoms with van der Waals surface area (Å²) in [6.45, 7) is 1.86. The van der Waals surface area contributed by atoms with E-state index in [9.17, 15) is 4.79 Å². The maximum Gasteiger partial charge on any atom is 0.227 e. The van der Waals surface area contributed by atoms with E-state index in [-0.39, 0.29) is 11.8 Å². The Morgan fingerprint density at radius 2 is 1.82 bits per heavy atom.